The van der Waals surface area contributed by atoms with Crippen LogP contribution in [0.3, 0.4) is 0 Å². The Bertz CT molecular complexity index is 1210. The first-order chi connectivity index (χ1) is 18.7. The molecule has 208 valence electrons. The number of nitriles is 1. The SMILES string of the molecule is CCC(NCCNC(=O)c1cc(C(=O)N2CCCC(F)C2)cc(-c2ccccc2C#N)c1)C(=O)NCC(C)C. The van der Waals surface area contributed by atoms with Crippen LogP contribution in [0.25, 0.3) is 11.1 Å². The van der Waals surface area contributed by atoms with Crippen LogP contribution in [0.1, 0.15) is 66.3 Å². The molecule has 1 saturated heterocycles. The van der Waals surface area contributed by atoms with Crippen LogP contribution in [0.5, 0.6) is 0 Å². The molecule has 3 rings (SSSR count). The van der Waals surface area contributed by atoms with Crippen molar-refractivity contribution in [1.82, 2.24) is 20.9 Å². The molecule has 3 amide bonds. The van der Waals surface area contributed by atoms with Gasteiger partial charge in [-0.15, -0.1) is 0 Å². The normalized spacial score (nSPS) is 15.9. The molecule has 1 aliphatic heterocycles. The maximum absolute atomic E-state index is 14.0. The first kappa shape index (κ1) is 29.8. The number of amides is 3. The Morgan fingerprint density at radius 1 is 1.10 bits per heavy atom. The van der Waals surface area contributed by atoms with E-state index >= 15 is 0 Å². The van der Waals surface area contributed by atoms with Gasteiger partial charge in [0.2, 0.25) is 5.91 Å². The topological polar surface area (TPSA) is 114 Å². The number of hydrogen-bond acceptors (Lipinski definition) is 5. The van der Waals surface area contributed by atoms with Crippen LogP contribution in [0.2, 0.25) is 0 Å². The number of alkyl halides is 1. The molecular weight excluding hydrogens is 497 g/mol. The predicted molar refractivity (Wildman–Crippen MR) is 149 cm³/mol. The number of carbonyl (C=O) groups is 3. The number of nitrogens with zero attached hydrogens (tertiary/aromatic N) is 2. The summed E-state index contributed by atoms with van der Waals surface area (Å²) < 4.78 is 14.0. The predicted octanol–water partition coefficient (Wildman–Crippen LogP) is 3.67. The summed E-state index contributed by atoms with van der Waals surface area (Å²) in [5.41, 5.74) is 2.11. The number of benzene rings is 2. The van der Waals surface area contributed by atoms with E-state index in [0.29, 0.717) is 61.5 Å². The Morgan fingerprint density at radius 3 is 2.54 bits per heavy atom. The number of piperidine rings is 1. The molecule has 0 saturated carbocycles. The third-order valence-electron chi connectivity index (χ3n) is 6.66. The highest BCUT2D eigenvalue weighted by Gasteiger charge is 2.25. The largest absolute Gasteiger partial charge is 0.354 e. The Labute approximate surface area is 230 Å². The minimum Gasteiger partial charge on any atom is -0.354 e. The average Bonchev–Trinajstić information content (AvgIpc) is 2.95. The summed E-state index contributed by atoms with van der Waals surface area (Å²) >= 11 is 0. The molecule has 2 aromatic rings. The van der Waals surface area contributed by atoms with E-state index in [0.717, 1.165) is 0 Å². The molecule has 0 radical (unpaired) electrons. The number of rotatable bonds is 11. The Balaban J connectivity index is 1.76. The molecule has 3 N–H and O–H groups in total. The molecule has 1 aliphatic rings. The van der Waals surface area contributed by atoms with E-state index in [1.54, 1.807) is 36.4 Å². The van der Waals surface area contributed by atoms with Gasteiger partial charge in [0, 0.05) is 37.3 Å². The lowest BCUT2D eigenvalue weighted by Crippen LogP contribution is -2.47. The first-order valence-corrected chi connectivity index (χ1v) is 13.6. The van der Waals surface area contributed by atoms with E-state index in [1.165, 1.54) is 11.0 Å². The van der Waals surface area contributed by atoms with Crippen molar-refractivity contribution in [3.05, 3.63) is 59.2 Å². The van der Waals surface area contributed by atoms with Crippen molar-refractivity contribution >= 4 is 17.7 Å². The molecule has 0 aliphatic carbocycles. The lowest BCUT2D eigenvalue weighted by Gasteiger charge is -2.29. The standard InChI is InChI=1S/C30H38FN5O3/c1-4-27(29(38)35-18-20(2)3)33-11-12-34-28(37)23-14-22(26-10-6-5-8-21(26)17-32)15-24(16-23)30(39)36-13-7-9-25(31)19-36/h5-6,8,10,14-16,20,25,27,33H,4,7,9,11-13,18-19H2,1-3H3,(H,34,37)(H,35,38). The summed E-state index contributed by atoms with van der Waals surface area (Å²) in [5, 5.41) is 18.5. The highest BCUT2D eigenvalue weighted by Crippen LogP contribution is 2.27. The van der Waals surface area contributed by atoms with Crippen LogP contribution in [0.15, 0.2) is 42.5 Å². The van der Waals surface area contributed by atoms with E-state index < -0.39 is 6.17 Å². The second kappa shape index (κ2) is 14.4. The van der Waals surface area contributed by atoms with Crippen LogP contribution >= 0.6 is 0 Å². The van der Waals surface area contributed by atoms with Crippen molar-refractivity contribution in [2.75, 3.05) is 32.7 Å². The van der Waals surface area contributed by atoms with E-state index in [9.17, 15) is 24.0 Å². The van der Waals surface area contributed by atoms with Gasteiger partial charge in [-0.05, 0) is 60.6 Å². The van der Waals surface area contributed by atoms with Gasteiger partial charge in [-0.3, -0.25) is 14.4 Å². The summed E-state index contributed by atoms with van der Waals surface area (Å²) in [6.45, 7) is 7.70. The van der Waals surface area contributed by atoms with Crippen molar-refractivity contribution in [2.24, 2.45) is 5.92 Å². The van der Waals surface area contributed by atoms with Crippen molar-refractivity contribution < 1.29 is 18.8 Å². The van der Waals surface area contributed by atoms with Gasteiger partial charge in [0.25, 0.3) is 11.8 Å². The Morgan fingerprint density at radius 2 is 1.85 bits per heavy atom. The maximum atomic E-state index is 14.0. The number of hydrogen-bond donors (Lipinski definition) is 3. The van der Waals surface area contributed by atoms with Crippen molar-refractivity contribution in [2.45, 2.75) is 52.2 Å². The zero-order valence-corrected chi connectivity index (χ0v) is 22.9. The minimum absolute atomic E-state index is 0.0222. The summed E-state index contributed by atoms with van der Waals surface area (Å²) in [4.78, 5) is 40.3. The molecule has 8 nitrogen and oxygen atoms in total. The third kappa shape index (κ3) is 8.36. The van der Waals surface area contributed by atoms with Gasteiger partial charge in [0.05, 0.1) is 24.2 Å². The zero-order chi connectivity index (χ0) is 28.4. The molecule has 1 heterocycles. The van der Waals surface area contributed by atoms with Crippen LogP contribution in [0, 0.1) is 17.2 Å². The maximum Gasteiger partial charge on any atom is 0.253 e. The lowest BCUT2D eigenvalue weighted by atomic mass is 9.95. The van der Waals surface area contributed by atoms with E-state index in [4.69, 9.17) is 0 Å². The second-order valence-electron chi connectivity index (χ2n) is 10.3. The van der Waals surface area contributed by atoms with E-state index in [2.05, 4.69) is 22.0 Å². The average molecular weight is 536 g/mol. The molecule has 0 aromatic heterocycles. The van der Waals surface area contributed by atoms with Crippen LogP contribution in [-0.2, 0) is 4.79 Å². The number of nitrogens with one attached hydrogen (secondary N) is 3. The van der Waals surface area contributed by atoms with Crippen molar-refractivity contribution in [1.29, 1.82) is 5.26 Å². The molecule has 2 aromatic carbocycles. The fourth-order valence-corrected chi connectivity index (χ4v) is 4.54. The van der Waals surface area contributed by atoms with E-state index in [1.807, 2.05) is 20.8 Å². The first-order valence-electron chi connectivity index (χ1n) is 13.6. The third-order valence-corrected chi connectivity index (χ3v) is 6.66. The molecule has 2 atom stereocenters. The van der Waals surface area contributed by atoms with Gasteiger partial charge >= 0.3 is 0 Å². The van der Waals surface area contributed by atoms with Crippen LogP contribution in [-0.4, -0.2) is 67.6 Å². The molecule has 39 heavy (non-hydrogen) atoms. The smallest absolute Gasteiger partial charge is 0.253 e. The van der Waals surface area contributed by atoms with Crippen LogP contribution in [0.4, 0.5) is 4.39 Å². The van der Waals surface area contributed by atoms with Gasteiger partial charge in [-0.1, -0.05) is 39.0 Å². The van der Waals surface area contributed by atoms with Gasteiger partial charge in [0.1, 0.15) is 6.17 Å². The van der Waals surface area contributed by atoms with Gasteiger partial charge < -0.3 is 20.9 Å². The molecule has 2 unspecified atom stereocenters. The lowest BCUT2D eigenvalue weighted by molar-refractivity contribution is -0.123. The molecule has 0 bridgehead atoms. The highest BCUT2D eigenvalue weighted by atomic mass is 19.1. The molecule has 9 heteroatoms. The van der Waals surface area contributed by atoms with Crippen molar-refractivity contribution in [3.63, 3.8) is 0 Å². The quantitative estimate of drug-likeness (QED) is 0.380. The summed E-state index contributed by atoms with van der Waals surface area (Å²) in [6.07, 6.45) is 0.553. The fraction of sp³-hybridized carbons (Fsp3) is 0.467. The minimum atomic E-state index is -1.07. The van der Waals surface area contributed by atoms with E-state index in [-0.39, 0.29) is 48.0 Å². The Kier molecular flexibility index (Phi) is 11.0. The highest BCUT2D eigenvalue weighted by molar-refractivity contribution is 6.01. The van der Waals surface area contributed by atoms with Gasteiger partial charge in [-0.2, -0.15) is 5.26 Å². The number of carbonyl (C=O) groups excluding carboxylic acids is 3. The molecule has 1 fully saturated rings. The second-order valence-corrected chi connectivity index (χ2v) is 10.3. The fourth-order valence-electron chi connectivity index (χ4n) is 4.54. The molecule has 0 spiro atoms. The molecular formula is C30H38FN5O3. The summed E-state index contributed by atoms with van der Waals surface area (Å²) in [7, 11) is 0. The zero-order valence-electron chi connectivity index (χ0n) is 22.9. The summed E-state index contributed by atoms with van der Waals surface area (Å²) in [6, 6.07) is 13.6. The van der Waals surface area contributed by atoms with Crippen LogP contribution < -0.4 is 16.0 Å². The monoisotopic (exact) mass is 535 g/mol. The van der Waals surface area contributed by atoms with Gasteiger partial charge in [-0.25, -0.2) is 4.39 Å². The van der Waals surface area contributed by atoms with Crippen molar-refractivity contribution in [3.8, 4) is 17.2 Å². The van der Waals surface area contributed by atoms with Gasteiger partial charge in [0.15, 0.2) is 0 Å². The number of halogens is 1. The summed E-state index contributed by atoms with van der Waals surface area (Å²) in [5.74, 6) is -0.450. The number of likely N-dealkylation sites (tertiary alicyclic amines) is 1. The Hall–Kier alpha value is -3.77.